The third-order valence-electron chi connectivity index (χ3n) is 2.33. The summed E-state index contributed by atoms with van der Waals surface area (Å²) in [6.07, 6.45) is 12.7. The van der Waals surface area contributed by atoms with E-state index in [1.165, 1.54) is 19.3 Å². The summed E-state index contributed by atoms with van der Waals surface area (Å²) in [5.74, 6) is 0. The molecule has 0 radical (unpaired) electrons. The Hall–Kier alpha value is -0.210. The van der Waals surface area contributed by atoms with Gasteiger partial charge < -0.3 is 5.32 Å². The quantitative estimate of drug-likeness (QED) is 0.698. The van der Waals surface area contributed by atoms with Crippen LogP contribution in [0, 0.1) is 0 Å². The molecule has 1 aliphatic heterocycles. The highest BCUT2D eigenvalue weighted by molar-refractivity contribution is 8.01. The Morgan fingerprint density at radius 3 is 2.54 bits per heavy atom. The van der Waals surface area contributed by atoms with Crippen LogP contribution >= 0.6 is 11.8 Å². The minimum Gasteiger partial charge on any atom is -0.304 e. The van der Waals surface area contributed by atoms with E-state index in [0.29, 0.717) is 12.1 Å². The lowest BCUT2D eigenvalue weighted by molar-refractivity contribution is 0.399. The molecule has 2 atom stereocenters. The standard InChI is InChI=1S/C11H19NS/c1-3-5-10-6-4-7-11(12-10)8-9-13-2/h3,5,8-12H,4,6-7H2,1-2H3/b5-3+,9-8+. The zero-order chi connectivity index (χ0) is 9.52. The highest BCUT2D eigenvalue weighted by Crippen LogP contribution is 2.15. The van der Waals surface area contributed by atoms with Crippen LogP contribution in [0.25, 0.3) is 0 Å². The molecule has 1 rings (SSSR count). The van der Waals surface area contributed by atoms with Crippen molar-refractivity contribution in [1.82, 2.24) is 5.32 Å². The monoisotopic (exact) mass is 197 g/mol. The maximum Gasteiger partial charge on any atom is 0.0263 e. The lowest BCUT2D eigenvalue weighted by atomic mass is 9.98. The van der Waals surface area contributed by atoms with Crippen LogP contribution in [0.2, 0.25) is 0 Å². The average molecular weight is 197 g/mol. The molecule has 0 spiro atoms. The van der Waals surface area contributed by atoms with Crippen molar-refractivity contribution in [2.45, 2.75) is 38.3 Å². The van der Waals surface area contributed by atoms with E-state index in [1.807, 2.05) is 0 Å². The Bertz CT molecular complexity index is 187. The van der Waals surface area contributed by atoms with E-state index in [-0.39, 0.29) is 0 Å². The molecule has 0 aromatic heterocycles. The van der Waals surface area contributed by atoms with Crippen LogP contribution in [0.3, 0.4) is 0 Å². The summed E-state index contributed by atoms with van der Waals surface area (Å²) >= 11 is 1.77. The Labute approximate surface area is 85.7 Å². The first-order valence-corrected chi connectivity index (χ1v) is 6.24. The van der Waals surface area contributed by atoms with E-state index in [1.54, 1.807) is 11.8 Å². The van der Waals surface area contributed by atoms with E-state index in [9.17, 15) is 0 Å². The van der Waals surface area contributed by atoms with Crippen molar-refractivity contribution in [2.75, 3.05) is 6.26 Å². The predicted molar refractivity (Wildman–Crippen MR) is 62.0 cm³/mol. The molecule has 0 aromatic rings. The predicted octanol–water partition coefficient (Wildman–Crippen LogP) is 2.95. The third kappa shape index (κ3) is 4.01. The van der Waals surface area contributed by atoms with Crippen LogP contribution < -0.4 is 5.32 Å². The van der Waals surface area contributed by atoms with Crippen molar-refractivity contribution in [2.24, 2.45) is 0 Å². The molecule has 1 aliphatic rings. The fourth-order valence-corrected chi connectivity index (χ4v) is 2.06. The molecule has 1 nitrogen and oxygen atoms in total. The topological polar surface area (TPSA) is 12.0 Å². The van der Waals surface area contributed by atoms with E-state index in [4.69, 9.17) is 0 Å². The molecule has 13 heavy (non-hydrogen) atoms. The second-order valence-electron chi connectivity index (χ2n) is 3.40. The fraction of sp³-hybridized carbons (Fsp3) is 0.636. The number of hydrogen-bond acceptors (Lipinski definition) is 2. The first kappa shape index (κ1) is 10.9. The van der Waals surface area contributed by atoms with Crippen LogP contribution in [0.4, 0.5) is 0 Å². The maximum absolute atomic E-state index is 3.60. The van der Waals surface area contributed by atoms with Crippen molar-refractivity contribution < 1.29 is 0 Å². The van der Waals surface area contributed by atoms with Gasteiger partial charge in [0.05, 0.1) is 0 Å². The van der Waals surface area contributed by atoms with Gasteiger partial charge in [0.15, 0.2) is 0 Å². The maximum atomic E-state index is 3.60. The molecule has 0 amide bonds. The van der Waals surface area contributed by atoms with Gasteiger partial charge in [0, 0.05) is 12.1 Å². The highest BCUT2D eigenvalue weighted by atomic mass is 32.2. The fourth-order valence-electron chi connectivity index (χ4n) is 1.71. The SMILES string of the molecule is C/C=C/C1CCCC(/C=C/SC)N1. The lowest BCUT2D eigenvalue weighted by Crippen LogP contribution is -2.39. The van der Waals surface area contributed by atoms with Gasteiger partial charge in [-0.3, -0.25) is 0 Å². The normalized spacial score (nSPS) is 30.3. The largest absolute Gasteiger partial charge is 0.304 e. The Kier molecular flexibility index (Phi) is 5.25. The van der Waals surface area contributed by atoms with E-state index < -0.39 is 0 Å². The van der Waals surface area contributed by atoms with Crippen LogP contribution in [-0.2, 0) is 0 Å². The highest BCUT2D eigenvalue weighted by Gasteiger charge is 2.15. The van der Waals surface area contributed by atoms with Gasteiger partial charge in [-0.25, -0.2) is 0 Å². The number of rotatable bonds is 3. The molecule has 1 N–H and O–H groups in total. The van der Waals surface area contributed by atoms with Gasteiger partial charge in [-0.05, 0) is 37.9 Å². The van der Waals surface area contributed by atoms with Crippen molar-refractivity contribution in [1.29, 1.82) is 0 Å². The van der Waals surface area contributed by atoms with Gasteiger partial charge in [-0.2, -0.15) is 0 Å². The first-order valence-electron chi connectivity index (χ1n) is 4.95. The Balaban J connectivity index is 2.37. The number of hydrogen-bond donors (Lipinski definition) is 1. The summed E-state index contributed by atoms with van der Waals surface area (Å²) in [7, 11) is 0. The van der Waals surface area contributed by atoms with Gasteiger partial charge in [0.1, 0.15) is 0 Å². The van der Waals surface area contributed by atoms with Gasteiger partial charge in [-0.15, -0.1) is 11.8 Å². The summed E-state index contributed by atoms with van der Waals surface area (Å²) in [6, 6.07) is 1.18. The molecule has 0 aromatic carbocycles. The molecule has 2 unspecified atom stereocenters. The summed E-state index contributed by atoms with van der Waals surface area (Å²) in [4.78, 5) is 0. The number of allylic oxidation sites excluding steroid dienone is 1. The van der Waals surface area contributed by atoms with Gasteiger partial charge in [0.2, 0.25) is 0 Å². The average Bonchev–Trinajstić information content (AvgIpc) is 2.16. The zero-order valence-electron chi connectivity index (χ0n) is 8.49. The molecule has 0 saturated carbocycles. The number of thioether (sulfide) groups is 1. The van der Waals surface area contributed by atoms with Gasteiger partial charge in [0.25, 0.3) is 0 Å². The van der Waals surface area contributed by atoms with E-state index in [2.05, 4.69) is 42.1 Å². The molecule has 1 heterocycles. The molecular formula is C11H19NS. The zero-order valence-corrected chi connectivity index (χ0v) is 9.31. The molecule has 1 saturated heterocycles. The summed E-state index contributed by atoms with van der Waals surface area (Å²) in [5, 5.41) is 5.78. The lowest BCUT2D eigenvalue weighted by Gasteiger charge is -2.27. The van der Waals surface area contributed by atoms with E-state index >= 15 is 0 Å². The van der Waals surface area contributed by atoms with Crippen molar-refractivity contribution in [3.63, 3.8) is 0 Å². The second kappa shape index (κ2) is 6.28. The van der Waals surface area contributed by atoms with Crippen molar-refractivity contribution in [3.8, 4) is 0 Å². The Morgan fingerprint density at radius 2 is 1.92 bits per heavy atom. The van der Waals surface area contributed by atoms with Crippen LogP contribution in [0.15, 0.2) is 23.6 Å². The molecule has 2 heteroatoms. The molecule has 1 fully saturated rings. The minimum atomic E-state index is 0.586. The third-order valence-corrected chi connectivity index (χ3v) is 2.76. The molecule has 0 aliphatic carbocycles. The van der Waals surface area contributed by atoms with Crippen molar-refractivity contribution in [3.05, 3.63) is 23.6 Å². The smallest absolute Gasteiger partial charge is 0.0263 e. The van der Waals surface area contributed by atoms with Gasteiger partial charge >= 0.3 is 0 Å². The molecular weight excluding hydrogens is 178 g/mol. The second-order valence-corrected chi connectivity index (χ2v) is 4.14. The summed E-state index contributed by atoms with van der Waals surface area (Å²) < 4.78 is 0. The van der Waals surface area contributed by atoms with Crippen LogP contribution in [0.1, 0.15) is 26.2 Å². The number of nitrogens with one attached hydrogen (secondary N) is 1. The summed E-state index contributed by atoms with van der Waals surface area (Å²) in [5.41, 5.74) is 0. The minimum absolute atomic E-state index is 0.586. The van der Waals surface area contributed by atoms with Crippen molar-refractivity contribution >= 4 is 11.8 Å². The van der Waals surface area contributed by atoms with Gasteiger partial charge in [-0.1, -0.05) is 18.2 Å². The first-order chi connectivity index (χ1) is 6.36. The molecule has 0 bridgehead atoms. The molecule has 74 valence electrons. The van der Waals surface area contributed by atoms with E-state index in [0.717, 1.165) is 0 Å². The Morgan fingerprint density at radius 1 is 1.23 bits per heavy atom. The summed E-state index contributed by atoms with van der Waals surface area (Å²) in [6.45, 7) is 2.09. The van der Waals surface area contributed by atoms with Crippen LogP contribution in [-0.4, -0.2) is 18.3 Å². The van der Waals surface area contributed by atoms with Crippen LogP contribution in [0.5, 0.6) is 0 Å². The number of piperidine rings is 1.